The van der Waals surface area contributed by atoms with Crippen LogP contribution in [0, 0.1) is 20.8 Å². The Morgan fingerprint density at radius 3 is 2.15 bits per heavy atom. The van der Waals surface area contributed by atoms with Gasteiger partial charge in [-0.15, -0.1) is 0 Å². The maximum atomic E-state index is 13.1. The van der Waals surface area contributed by atoms with Crippen LogP contribution in [0.4, 0.5) is 5.69 Å². The number of para-hydroxylation sites is 1. The van der Waals surface area contributed by atoms with Crippen molar-refractivity contribution in [1.82, 2.24) is 19.3 Å². The third kappa shape index (κ3) is 5.61. The highest BCUT2D eigenvalue weighted by Crippen LogP contribution is 2.33. The summed E-state index contributed by atoms with van der Waals surface area (Å²) in [5.74, 6) is 0.302. The number of anilines is 1. The Hall–Kier alpha value is -4.30. The Bertz CT molecular complexity index is 1600. The Morgan fingerprint density at radius 1 is 0.897 bits per heavy atom. The minimum absolute atomic E-state index is 0.211. The lowest BCUT2D eigenvalue weighted by Crippen LogP contribution is -2.23. The van der Waals surface area contributed by atoms with E-state index in [0.29, 0.717) is 17.1 Å². The molecule has 0 spiro atoms. The van der Waals surface area contributed by atoms with Crippen LogP contribution in [0.5, 0.6) is 0 Å². The molecule has 0 saturated carbocycles. The molecule has 0 atom stereocenters. The second-order valence-electron chi connectivity index (χ2n) is 9.58. The maximum Gasteiger partial charge on any atom is 0.295 e. The van der Waals surface area contributed by atoms with Gasteiger partial charge in [-0.05, 0) is 32.9 Å². The summed E-state index contributed by atoms with van der Waals surface area (Å²) >= 11 is 1.49. The van der Waals surface area contributed by atoms with E-state index in [0.717, 1.165) is 33.4 Å². The van der Waals surface area contributed by atoms with Crippen LogP contribution in [0.2, 0.25) is 0 Å². The number of aryl methyl sites for hydroxylation is 2. The topological polar surface area (TPSA) is 84.7 Å². The summed E-state index contributed by atoms with van der Waals surface area (Å²) in [6.07, 6.45) is 0.240. The van der Waals surface area contributed by atoms with Crippen LogP contribution >= 0.6 is 11.8 Å². The first-order chi connectivity index (χ1) is 18.8. The molecule has 0 aliphatic heterocycles. The molecule has 0 unspecified atom stereocenters. The molecule has 0 aliphatic rings. The lowest BCUT2D eigenvalue weighted by Gasteiger charge is -2.07. The average molecular weight is 538 g/mol. The molecule has 0 fully saturated rings. The van der Waals surface area contributed by atoms with Crippen LogP contribution in [-0.4, -0.2) is 31.0 Å². The van der Waals surface area contributed by atoms with Crippen molar-refractivity contribution >= 4 is 23.4 Å². The number of hydrogen-bond acceptors (Lipinski definition) is 4. The number of aromatic nitrogens is 4. The number of benzene rings is 3. The van der Waals surface area contributed by atoms with E-state index in [1.54, 1.807) is 9.36 Å². The number of imidazole rings is 1. The van der Waals surface area contributed by atoms with Gasteiger partial charge in [-0.25, -0.2) is 9.67 Å². The van der Waals surface area contributed by atoms with Gasteiger partial charge in [0.05, 0.1) is 22.8 Å². The third-order valence-corrected chi connectivity index (χ3v) is 7.61. The molecular formula is C31H31N5O2S. The quantitative estimate of drug-likeness (QED) is 0.228. The summed E-state index contributed by atoms with van der Waals surface area (Å²) in [5.41, 5.74) is 7.80. The molecule has 0 aliphatic carbocycles. The highest BCUT2D eigenvalue weighted by Gasteiger charge is 2.19. The van der Waals surface area contributed by atoms with E-state index >= 15 is 0 Å². The molecule has 39 heavy (non-hydrogen) atoms. The van der Waals surface area contributed by atoms with E-state index < -0.39 is 0 Å². The molecule has 3 aromatic carbocycles. The predicted molar refractivity (Wildman–Crippen MR) is 159 cm³/mol. The van der Waals surface area contributed by atoms with Gasteiger partial charge < -0.3 is 10.3 Å². The van der Waals surface area contributed by atoms with Crippen molar-refractivity contribution in [3.63, 3.8) is 0 Å². The molecule has 5 rings (SSSR count). The van der Waals surface area contributed by atoms with E-state index in [1.165, 1.54) is 22.9 Å². The molecule has 7 nitrogen and oxygen atoms in total. The average Bonchev–Trinajstić information content (AvgIpc) is 3.44. The number of rotatable bonds is 8. The Kier molecular flexibility index (Phi) is 7.56. The van der Waals surface area contributed by atoms with Gasteiger partial charge >= 0.3 is 0 Å². The number of nitrogens with zero attached hydrogens (tertiary/aromatic N) is 3. The zero-order valence-corrected chi connectivity index (χ0v) is 23.3. The number of carbonyl (C=O) groups is 1. The summed E-state index contributed by atoms with van der Waals surface area (Å²) in [6.45, 7) is 5.96. The van der Waals surface area contributed by atoms with E-state index in [9.17, 15) is 9.59 Å². The molecule has 2 aromatic heterocycles. The van der Waals surface area contributed by atoms with Crippen LogP contribution in [0.3, 0.4) is 0 Å². The molecule has 0 bridgehead atoms. The van der Waals surface area contributed by atoms with Gasteiger partial charge in [-0.3, -0.25) is 14.3 Å². The van der Waals surface area contributed by atoms with Crippen molar-refractivity contribution in [3.05, 3.63) is 106 Å². The monoisotopic (exact) mass is 537 g/mol. The lowest BCUT2D eigenvalue weighted by atomic mass is 10.0. The Balaban J connectivity index is 1.31. The van der Waals surface area contributed by atoms with Crippen molar-refractivity contribution in [1.29, 1.82) is 0 Å². The number of thioether (sulfide) groups is 1. The van der Waals surface area contributed by atoms with Gasteiger partial charge in [-0.1, -0.05) is 89.6 Å². The van der Waals surface area contributed by atoms with Crippen molar-refractivity contribution in [3.8, 4) is 28.2 Å². The molecule has 5 aromatic rings. The van der Waals surface area contributed by atoms with Crippen LogP contribution in [-0.2, 0) is 11.8 Å². The SMILES string of the molecule is Cc1ccc(-c2nc(SCCC(=O)Nc3c(C)n(C)n(-c4ccccc4)c3=O)[nH]c2-c2ccc(C)cc2)cc1. The fourth-order valence-corrected chi connectivity index (χ4v) is 5.23. The summed E-state index contributed by atoms with van der Waals surface area (Å²) in [7, 11) is 1.81. The number of aromatic amines is 1. The second kappa shape index (κ2) is 11.2. The molecule has 2 N–H and O–H groups in total. The zero-order chi connectivity index (χ0) is 27.5. The minimum Gasteiger partial charge on any atom is -0.332 e. The summed E-state index contributed by atoms with van der Waals surface area (Å²) in [4.78, 5) is 34.3. The Labute approximate surface area is 231 Å². The lowest BCUT2D eigenvalue weighted by molar-refractivity contribution is -0.115. The maximum absolute atomic E-state index is 13.1. The van der Waals surface area contributed by atoms with E-state index in [1.807, 2.05) is 44.3 Å². The molecule has 0 radical (unpaired) electrons. The van der Waals surface area contributed by atoms with Crippen molar-refractivity contribution in [2.24, 2.45) is 7.05 Å². The van der Waals surface area contributed by atoms with Gasteiger partial charge in [0, 0.05) is 30.3 Å². The van der Waals surface area contributed by atoms with Crippen LogP contribution in [0.15, 0.2) is 88.8 Å². The van der Waals surface area contributed by atoms with Gasteiger partial charge in [-0.2, -0.15) is 0 Å². The molecule has 198 valence electrons. The van der Waals surface area contributed by atoms with Crippen molar-refractivity contribution in [2.75, 3.05) is 11.1 Å². The first-order valence-corrected chi connectivity index (χ1v) is 13.8. The van der Waals surface area contributed by atoms with E-state index in [-0.39, 0.29) is 17.9 Å². The molecule has 8 heteroatoms. The first-order valence-electron chi connectivity index (χ1n) is 12.8. The number of H-pyrrole nitrogens is 1. The molecule has 1 amide bonds. The number of hydrogen-bond donors (Lipinski definition) is 2. The van der Waals surface area contributed by atoms with Crippen molar-refractivity contribution < 1.29 is 4.79 Å². The zero-order valence-electron chi connectivity index (χ0n) is 22.5. The number of amides is 1. The van der Waals surface area contributed by atoms with Gasteiger partial charge in [0.25, 0.3) is 5.56 Å². The minimum atomic E-state index is -0.251. The third-order valence-electron chi connectivity index (χ3n) is 6.73. The van der Waals surface area contributed by atoms with E-state index in [2.05, 4.69) is 72.7 Å². The standard InChI is InChI=1S/C31H31N5O2S/c1-20-10-14-23(15-11-20)28-29(24-16-12-21(2)13-17-24)34-31(33-28)39-19-18-26(37)32-27-22(3)35(4)36(30(27)38)25-8-6-5-7-9-25/h5-17H,18-19H2,1-4H3,(H,32,37)(H,33,34). The van der Waals surface area contributed by atoms with E-state index in [4.69, 9.17) is 4.98 Å². The predicted octanol–water partition coefficient (Wildman–Crippen LogP) is 6.28. The van der Waals surface area contributed by atoms with Gasteiger partial charge in [0.2, 0.25) is 5.91 Å². The highest BCUT2D eigenvalue weighted by atomic mass is 32.2. The second-order valence-corrected chi connectivity index (χ2v) is 10.7. The summed E-state index contributed by atoms with van der Waals surface area (Å²) < 4.78 is 3.31. The molecule has 2 heterocycles. The molecular weight excluding hydrogens is 506 g/mol. The molecule has 0 saturated heterocycles. The fourth-order valence-electron chi connectivity index (χ4n) is 4.42. The van der Waals surface area contributed by atoms with Gasteiger partial charge in [0.15, 0.2) is 5.16 Å². The summed E-state index contributed by atoms with van der Waals surface area (Å²) in [5, 5.41) is 3.58. The Morgan fingerprint density at radius 2 is 1.51 bits per heavy atom. The smallest absolute Gasteiger partial charge is 0.295 e. The van der Waals surface area contributed by atoms with Crippen LogP contribution in [0.25, 0.3) is 28.2 Å². The summed E-state index contributed by atoms with van der Waals surface area (Å²) in [6, 6.07) is 26.1. The van der Waals surface area contributed by atoms with Gasteiger partial charge in [0.1, 0.15) is 5.69 Å². The largest absolute Gasteiger partial charge is 0.332 e. The fraction of sp³-hybridized carbons (Fsp3) is 0.194. The normalized spacial score (nSPS) is 11.1. The first kappa shape index (κ1) is 26.3. The number of nitrogens with one attached hydrogen (secondary N) is 2. The number of carbonyl (C=O) groups excluding carboxylic acids is 1. The van der Waals surface area contributed by atoms with Crippen molar-refractivity contribution in [2.45, 2.75) is 32.3 Å². The highest BCUT2D eigenvalue weighted by molar-refractivity contribution is 7.99. The van der Waals surface area contributed by atoms with Crippen LogP contribution < -0.4 is 10.9 Å². The van der Waals surface area contributed by atoms with Crippen LogP contribution in [0.1, 0.15) is 23.2 Å².